The van der Waals surface area contributed by atoms with E-state index < -0.39 is 17.5 Å². The Morgan fingerprint density at radius 1 is 1.11 bits per heavy atom. The molecule has 0 bridgehead atoms. The second-order valence-corrected chi connectivity index (χ2v) is 13.6. The van der Waals surface area contributed by atoms with Gasteiger partial charge in [0.1, 0.15) is 5.54 Å². The number of pyridine rings is 1. The van der Waals surface area contributed by atoms with Crippen molar-refractivity contribution in [3.63, 3.8) is 0 Å². The highest BCUT2D eigenvalue weighted by Crippen LogP contribution is 2.28. The van der Waals surface area contributed by atoms with Gasteiger partial charge in [-0.15, -0.1) is 0 Å². The molecule has 0 saturated carbocycles. The van der Waals surface area contributed by atoms with Crippen LogP contribution in [0, 0.1) is 6.92 Å². The third-order valence-electron chi connectivity index (χ3n) is 8.78. The SMILES string of the molecule is C=C(C(=O)N1CCN(C)C(=O)C1(C)C)/C(=C\N(C)C(C)(C)C)NC(=O)Nc1ccc(C)c(-c2ccc(CN3CCOCC3)nc2)c1. The lowest BCUT2D eigenvalue weighted by Crippen LogP contribution is -2.64. The molecule has 2 aliphatic heterocycles. The average molecular weight is 632 g/mol. The highest BCUT2D eigenvalue weighted by Gasteiger charge is 2.44. The zero-order valence-electron chi connectivity index (χ0n) is 28.6. The van der Waals surface area contributed by atoms with Gasteiger partial charge in [-0.1, -0.05) is 18.7 Å². The van der Waals surface area contributed by atoms with Gasteiger partial charge >= 0.3 is 6.03 Å². The second-order valence-electron chi connectivity index (χ2n) is 13.6. The molecule has 4 rings (SSSR count). The quantitative estimate of drug-likeness (QED) is 0.332. The molecule has 2 aliphatic rings. The topological polar surface area (TPSA) is 110 Å². The summed E-state index contributed by atoms with van der Waals surface area (Å²) in [7, 11) is 3.60. The molecule has 0 radical (unpaired) electrons. The first-order chi connectivity index (χ1) is 21.6. The molecule has 2 aromatic rings. The van der Waals surface area contributed by atoms with Crippen LogP contribution in [0.1, 0.15) is 45.9 Å². The summed E-state index contributed by atoms with van der Waals surface area (Å²) >= 11 is 0. The lowest BCUT2D eigenvalue weighted by molar-refractivity contribution is -0.155. The maximum Gasteiger partial charge on any atom is 0.323 e. The summed E-state index contributed by atoms with van der Waals surface area (Å²) < 4.78 is 5.44. The number of hydrogen-bond donors (Lipinski definition) is 2. The van der Waals surface area contributed by atoms with E-state index in [-0.39, 0.29) is 22.7 Å². The first-order valence-corrected chi connectivity index (χ1v) is 15.7. The number of hydrogen-bond acceptors (Lipinski definition) is 7. The Hall–Kier alpha value is -4.22. The van der Waals surface area contributed by atoms with E-state index in [0.29, 0.717) is 18.8 Å². The summed E-state index contributed by atoms with van der Waals surface area (Å²) in [6.45, 7) is 20.4. The number of morpholine rings is 1. The van der Waals surface area contributed by atoms with Crippen molar-refractivity contribution in [1.29, 1.82) is 0 Å². The fourth-order valence-corrected chi connectivity index (χ4v) is 5.38. The van der Waals surface area contributed by atoms with Gasteiger partial charge in [0.2, 0.25) is 5.91 Å². The lowest BCUT2D eigenvalue weighted by Gasteiger charge is -2.45. The van der Waals surface area contributed by atoms with Gasteiger partial charge in [-0.2, -0.15) is 0 Å². The van der Waals surface area contributed by atoms with Gasteiger partial charge in [0.25, 0.3) is 5.91 Å². The Bertz CT molecular complexity index is 1490. The smallest absolute Gasteiger partial charge is 0.323 e. The number of carbonyl (C=O) groups is 3. The van der Waals surface area contributed by atoms with Crippen LogP contribution in [0.15, 0.2) is 60.6 Å². The number of carbonyl (C=O) groups excluding carboxylic acids is 3. The molecule has 2 saturated heterocycles. The Labute approximate surface area is 273 Å². The number of aryl methyl sites for hydroxylation is 1. The van der Waals surface area contributed by atoms with Crippen LogP contribution in [-0.2, 0) is 20.9 Å². The van der Waals surface area contributed by atoms with Crippen LogP contribution in [0.2, 0.25) is 0 Å². The Morgan fingerprint density at radius 2 is 1.80 bits per heavy atom. The number of benzene rings is 1. The van der Waals surface area contributed by atoms with Crippen LogP contribution in [0.3, 0.4) is 0 Å². The molecular weight excluding hydrogens is 582 g/mol. The molecule has 1 aromatic heterocycles. The summed E-state index contributed by atoms with van der Waals surface area (Å²) in [5, 5.41) is 5.77. The van der Waals surface area contributed by atoms with Crippen molar-refractivity contribution in [3.05, 3.63) is 71.8 Å². The molecular formula is C35H49N7O4. The summed E-state index contributed by atoms with van der Waals surface area (Å²) in [6, 6.07) is 9.27. The van der Waals surface area contributed by atoms with E-state index in [1.165, 1.54) is 4.90 Å². The van der Waals surface area contributed by atoms with Crippen molar-refractivity contribution in [3.8, 4) is 11.1 Å². The van der Waals surface area contributed by atoms with E-state index >= 15 is 0 Å². The molecule has 0 unspecified atom stereocenters. The first kappa shape index (κ1) is 34.6. The number of amides is 4. The van der Waals surface area contributed by atoms with E-state index in [2.05, 4.69) is 28.2 Å². The predicted molar refractivity (Wildman–Crippen MR) is 181 cm³/mol. The average Bonchev–Trinajstić information content (AvgIpc) is 3.00. The summed E-state index contributed by atoms with van der Waals surface area (Å²) in [6.07, 6.45) is 3.57. The molecule has 11 nitrogen and oxygen atoms in total. The summed E-state index contributed by atoms with van der Waals surface area (Å²) in [5.74, 6) is -0.567. The minimum atomic E-state index is -1.05. The van der Waals surface area contributed by atoms with Crippen molar-refractivity contribution in [1.82, 2.24) is 29.9 Å². The highest BCUT2D eigenvalue weighted by atomic mass is 16.5. The molecule has 11 heteroatoms. The van der Waals surface area contributed by atoms with Gasteiger partial charge in [-0.25, -0.2) is 4.79 Å². The molecule has 2 fully saturated rings. The van der Waals surface area contributed by atoms with Gasteiger partial charge in [0, 0.05) is 76.0 Å². The first-order valence-electron chi connectivity index (χ1n) is 15.7. The van der Waals surface area contributed by atoms with E-state index in [4.69, 9.17) is 9.72 Å². The molecule has 46 heavy (non-hydrogen) atoms. The van der Waals surface area contributed by atoms with Crippen LogP contribution in [0.4, 0.5) is 10.5 Å². The van der Waals surface area contributed by atoms with E-state index in [9.17, 15) is 14.4 Å². The van der Waals surface area contributed by atoms with Gasteiger partial charge in [-0.3, -0.25) is 19.5 Å². The number of likely N-dealkylation sites (N-methyl/N-ethyl adjacent to an activating group) is 1. The number of rotatable bonds is 8. The van der Waals surface area contributed by atoms with Crippen LogP contribution >= 0.6 is 0 Å². The molecule has 0 atom stereocenters. The minimum absolute atomic E-state index is 0.0875. The summed E-state index contributed by atoms with van der Waals surface area (Å²) in [5.41, 5.74) is 3.51. The Balaban J connectivity index is 1.51. The van der Waals surface area contributed by atoms with Crippen LogP contribution in [-0.4, -0.2) is 107 Å². The zero-order chi connectivity index (χ0) is 33.8. The number of ether oxygens (including phenoxy) is 1. The number of nitrogens with zero attached hydrogens (tertiary/aromatic N) is 5. The maximum atomic E-state index is 13.8. The molecule has 0 aliphatic carbocycles. The number of anilines is 1. The fraction of sp³-hybridized carbons (Fsp3) is 0.486. The van der Waals surface area contributed by atoms with Gasteiger partial charge in [0.05, 0.1) is 30.2 Å². The third-order valence-corrected chi connectivity index (χ3v) is 8.78. The molecule has 248 valence electrons. The number of aromatic nitrogens is 1. The van der Waals surface area contributed by atoms with Gasteiger partial charge in [0.15, 0.2) is 0 Å². The van der Waals surface area contributed by atoms with Gasteiger partial charge in [-0.05, 0) is 70.9 Å². The van der Waals surface area contributed by atoms with E-state index in [1.807, 2.05) is 70.1 Å². The van der Waals surface area contributed by atoms with Crippen LogP contribution in [0.25, 0.3) is 11.1 Å². The molecule has 3 heterocycles. The predicted octanol–water partition coefficient (Wildman–Crippen LogP) is 4.22. The van der Waals surface area contributed by atoms with Gasteiger partial charge < -0.3 is 30.1 Å². The van der Waals surface area contributed by atoms with E-state index in [1.54, 1.807) is 32.0 Å². The largest absolute Gasteiger partial charge is 0.379 e. The van der Waals surface area contributed by atoms with Crippen LogP contribution in [0.5, 0.6) is 0 Å². The van der Waals surface area contributed by atoms with Crippen molar-refractivity contribution in [2.45, 2.75) is 59.2 Å². The van der Waals surface area contributed by atoms with Crippen molar-refractivity contribution in [2.24, 2.45) is 0 Å². The number of urea groups is 1. The monoisotopic (exact) mass is 631 g/mol. The Morgan fingerprint density at radius 3 is 2.43 bits per heavy atom. The second kappa shape index (κ2) is 14.0. The molecule has 0 spiro atoms. The zero-order valence-corrected chi connectivity index (χ0v) is 28.6. The van der Waals surface area contributed by atoms with Crippen molar-refractivity contribution >= 4 is 23.5 Å². The standard InChI is InChI=1S/C35H49N7O4/c1-24-10-12-27(20-29(24)26-11-13-28(36-21-26)22-41-16-18-46-19-17-41)37-33(45)38-30(23-40(9)34(3,4)5)25(2)31(43)42-15-14-39(8)32(44)35(42,6)7/h10-13,20-21,23H,2,14-19,22H2,1,3-9H3,(H2,37,38,45)/b30-23+. The highest BCUT2D eigenvalue weighted by molar-refractivity contribution is 6.03. The number of nitrogens with one attached hydrogen (secondary N) is 2. The minimum Gasteiger partial charge on any atom is -0.379 e. The Kier molecular flexibility index (Phi) is 10.6. The normalized spacial score (nSPS) is 17.5. The third kappa shape index (κ3) is 8.13. The number of piperazine rings is 1. The summed E-state index contributed by atoms with van der Waals surface area (Å²) in [4.78, 5) is 52.1. The molecule has 4 amide bonds. The molecule has 2 N–H and O–H groups in total. The van der Waals surface area contributed by atoms with Crippen LogP contribution < -0.4 is 10.6 Å². The lowest BCUT2D eigenvalue weighted by atomic mass is 9.96. The maximum absolute atomic E-state index is 13.8. The van der Waals surface area contributed by atoms with E-state index in [0.717, 1.165) is 55.2 Å². The molecule has 1 aromatic carbocycles. The fourth-order valence-electron chi connectivity index (χ4n) is 5.38. The van der Waals surface area contributed by atoms with Crippen molar-refractivity contribution in [2.75, 3.05) is 58.8 Å². The van der Waals surface area contributed by atoms with Crippen molar-refractivity contribution < 1.29 is 19.1 Å².